The van der Waals surface area contributed by atoms with E-state index in [9.17, 15) is 19.8 Å². The van der Waals surface area contributed by atoms with Gasteiger partial charge in [-0.3, -0.25) is 9.59 Å². The van der Waals surface area contributed by atoms with Gasteiger partial charge in [0.2, 0.25) is 0 Å². The van der Waals surface area contributed by atoms with Crippen LogP contribution in [0, 0.1) is 17.3 Å². The first-order valence-corrected chi connectivity index (χ1v) is 6.36. The third-order valence-corrected chi connectivity index (χ3v) is 3.93. The topological polar surface area (TPSA) is 136 Å². The minimum Gasteiger partial charge on any atom is -0.480 e. The summed E-state index contributed by atoms with van der Waals surface area (Å²) in [5.74, 6) is -3.32. The van der Waals surface area contributed by atoms with Gasteiger partial charge in [0.15, 0.2) is 5.41 Å². The van der Waals surface area contributed by atoms with Crippen LogP contribution in [-0.4, -0.2) is 48.0 Å². The molecule has 1 aliphatic rings. The fourth-order valence-electron chi connectivity index (χ4n) is 2.61. The lowest BCUT2D eigenvalue weighted by atomic mass is 9.67. The van der Waals surface area contributed by atoms with Crippen molar-refractivity contribution in [2.75, 3.05) is 19.8 Å². The second-order valence-electron chi connectivity index (χ2n) is 5.25. The molecule has 0 aliphatic carbocycles. The van der Waals surface area contributed by atoms with Gasteiger partial charge in [0.25, 0.3) is 0 Å². The average molecular weight is 274 g/mol. The Bertz CT molecular complexity index is 333. The minimum atomic E-state index is -1.86. The van der Waals surface area contributed by atoms with Gasteiger partial charge in [0, 0.05) is 18.6 Å². The van der Waals surface area contributed by atoms with Gasteiger partial charge < -0.3 is 26.4 Å². The van der Waals surface area contributed by atoms with E-state index in [1.807, 2.05) is 6.92 Å². The fourth-order valence-corrected chi connectivity index (χ4v) is 2.61. The van der Waals surface area contributed by atoms with Gasteiger partial charge in [-0.15, -0.1) is 0 Å². The highest BCUT2D eigenvalue weighted by Crippen LogP contribution is 2.39. The highest BCUT2D eigenvalue weighted by atomic mass is 16.5. The lowest BCUT2D eigenvalue weighted by Gasteiger charge is -2.40. The Hall–Kier alpha value is -1.18. The van der Waals surface area contributed by atoms with Crippen molar-refractivity contribution < 1.29 is 24.5 Å². The third-order valence-electron chi connectivity index (χ3n) is 3.93. The van der Waals surface area contributed by atoms with Crippen LogP contribution in [0.1, 0.15) is 19.8 Å². The molecule has 0 aromatic rings. The smallest absolute Gasteiger partial charge is 0.321 e. The Balaban J connectivity index is 2.99. The van der Waals surface area contributed by atoms with E-state index in [1.165, 1.54) is 0 Å². The van der Waals surface area contributed by atoms with Crippen LogP contribution >= 0.6 is 0 Å². The first-order chi connectivity index (χ1) is 8.86. The predicted octanol–water partition coefficient (Wildman–Crippen LogP) is -0.509. The minimum absolute atomic E-state index is 0.0526. The molecule has 0 aromatic carbocycles. The molecule has 0 spiro atoms. The summed E-state index contributed by atoms with van der Waals surface area (Å²) in [6, 6.07) is -0.564. The Morgan fingerprint density at radius 3 is 2.47 bits per heavy atom. The third kappa shape index (κ3) is 3.05. The summed E-state index contributed by atoms with van der Waals surface area (Å²) >= 11 is 0. The zero-order valence-corrected chi connectivity index (χ0v) is 11.0. The molecule has 3 atom stereocenters. The monoisotopic (exact) mass is 274 g/mol. The number of rotatable bonds is 6. The molecule has 0 aromatic heterocycles. The average Bonchev–Trinajstić information content (AvgIpc) is 2.37. The van der Waals surface area contributed by atoms with E-state index in [0.717, 1.165) is 0 Å². The van der Waals surface area contributed by atoms with Crippen LogP contribution in [0.5, 0.6) is 0 Å². The summed E-state index contributed by atoms with van der Waals surface area (Å²) in [4.78, 5) is 22.9. The van der Waals surface area contributed by atoms with Crippen molar-refractivity contribution in [1.82, 2.24) is 0 Å². The zero-order valence-electron chi connectivity index (χ0n) is 11.0. The van der Waals surface area contributed by atoms with Crippen molar-refractivity contribution >= 4 is 11.9 Å². The summed E-state index contributed by atoms with van der Waals surface area (Å²) in [6.45, 7) is 2.49. The van der Waals surface area contributed by atoms with E-state index in [2.05, 4.69) is 0 Å². The molecule has 0 amide bonds. The van der Waals surface area contributed by atoms with Crippen molar-refractivity contribution in [3.8, 4) is 0 Å². The molecule has 19 heavy (non-hydrogen) atoms. The molecule has 1 heterocycles. The maximum Gasteiger partial charge on any atom is 0.321 e. The van der Waals surface area contributed by atoms with Crippen LogP contribution in [-0.2, 0) is 14.3 Å². The Kier molecular flexibility index (Phi) is 5.28. The van der Waals surface area contributed by atoms with Gasteiger partial charge in [-0.25, -0.2) is 0 Å². The Morgan fingerprint density at radius 1 is 1.42 bits per heavy atom. The quantitative estimate of drug-likeness (QED) is 0.479. The van der Waals surface area contributed by atoms with Gasteiger partial charge in [0.1, 0.15) is 0 Å². The Labute approximate surface area is 111 Å². The molecule has 1 rings (SSSR count). The molecule has 0 radical (unpaired) electrons. The first-order valence-electron chi connectivity index (χ1n) is 6.36. The van der Waals surface area contributed by atoms with E-state index in [1.54, 1.807) is 0 Å². The van der Waals surface area contributed by atoms with Crippen LogP contribution in [0.3, 0.4) is 0 Å². The number of hydrogen-bond acceptors (Lipinski definition) is 5. The molecule has 110 valence electrons. The predicted molar refractivity (Wildman–Crippen MR) is 67.4 cm³/mol. The lowest BCUT2D eigenvalue weighted by Crippen LogP contribution is -2.57. The summed E-state index contributed by atoms with van der Waals surface area (Å²) in [7, 11) is 0. The van der Waals surface area contributed by atoms with E-state index < -0.39 is 29.3 Å². The maximum absolute atomic E-state index is 11.5. The van der Waals surface area contributed by atoms with Gasteiger partial charge >= 0.3 is 11.9 Å². The number of carboxylic acid groups (broad SMARTS) is 2. The molecule has 0 saturated carbocycles. The molecular formula is C12H22N2O5. The van der Waals surface area contributed by atoms with Crippen molar-refractivity contribution in [1.29, 1.82) is 0 Å². The number of hydrogen-bond donors (Lipinski definition) is 4. The van der Waals surface area contributed by atoms with Crippen molar-refractivity contribution in [3.63, 3.8) is 0 Å². The molecule has 1 saturated heterocycles. The van der Waals surface area contributed by atoms with Crippen LogP contribution in [0.2, 0.25) is 0 Å². The normalized spacial score (nSPS) is 25.5. The number of aliphatic carboxylic acids is 2. The zero-order chi connectivity index (χ0) is 14.6. The van der Waals surface area contributed by atoms with Gasteiger partial charge in [-0.1, -0.05) is 6.92 Å². The van der Waals surface area contributed by atoms with Crippen molar-refractivity contribution in [2.24, 2.45) is 28.7 Å². The second kappa shape index (κ2) is 6.31. The maximum atomic E-state index is 11.5. The largest absolute Gasteiger partial charge is 0.480 e. The fraction of sp³-hybridized carbons (Fsp3) is 0.833. The van der Waals surface area contributed by atoms with Gasteiger partial charge in [0.05, 0.1) is 6.61 Å². The van der Waals surface area contributed by atoms with E-state index in [0.29, 0.717) is 13.0 Å². The van der Waals surface area contributed by atoms with Crippen molar-refractivity contribution in [2.45, 2.75) is 25.8 Å². The summed E-state index contributed by atoms with van der Waals surface area (Å²) in [5, 5.41) is 18.7. The molecular weight excluding hydrogens is 252 g/mol. The van der Waals surface area contributed by atoms with E-state index in [4.69, 9.17) is 16.2 Å². The molecule has 3 unspecified atom stereocenters. The summed E-state index contributed by atoms with van der Waals surface area (Å²) in [6.07, 6.45) is 0.417. The lowest BCUT2D eigenvalue weighted by molar-refractivity contribution is -0.180. The number of carboxylic acids is 2. The summed E-state index contributed by atoms with van der Waals surface area (Å²) in [5.41, 5.74) is 9.68. The summed E-state index contributed by atoms with van der Waals surface area (Å²) < 4.78 is 5.24. The van der Waals surface area contributed by atoms with Crippen LogP contribution in [0.25, 0.3) is 0 Å². The number of ether oxygens (including phenoxy) is 1. The van der Waals surface area contributed by atoms with Crippen molar-refractivity contribution in [3.05, 3.63) is 0 Å². The van der Waals surface area contributed by atoms with Gasteiger partial charge in [-0.2, -0.15) is 0 Å². The highest BCUT2D eigenvalue weighted by Gasteiger charge is 2.56. The van der Waals surface area contributed by atoms with Crippen LogP contribution in [0.15, 0.2) is 0 Å². The van der Waals surface area contributed by atoms with E-state index in [-0.39, 0.29) is 25.6 Å². The molecule has 7 nitrogen and oxygen atoms in total. The van der Waals surface area contributed by atoms with Crippen LogP contribution < -0.4 is 11.5 Å². The van der Waals surface area contributed by atoms with E-state index >= 15 is 0 Å². The highest BCUT2D eigenvalue weighted by molar-refractivity contribution is 5.98. The molecule has 1 fully saturated rings. The first kappa shape index (κ1) is 15.9. The molecule has 1 aliphatic heterocycles. The van der Waals surface area contributed by atoms with Crippen LogP contribution in [0.4, 0.5) is 0 Å². The second-order valence-corrected chi connectivity index (χ2v) is 5.25. The Morgan fingerprint density at radius 2 is 2.00 bits per heavy atom. The standard InChI is InChI=1S/C12H22N2O5/c1-7(5-13)4-9(14)8-6-19-3-2-12(8,10(15)16)11(17)18/h7-9H,2-6,13-14H2,1H3,(H,15,16)(H,17,18). The molecule has 0 bridgehead atoms. The SMILES string of the molecule is CC(CN)CC(N)C1COCCC1(C(=O)O)C(=O)O. The number of carbonyl (C=O) groups is 2. The number of nitrogens with two attached hydrogens (primary N) is 2. The van der Waals surface area contributed by atoms with Gasteiger partial charge in [-0.05, 0) is 25.3 Å². The molecule has 6 N–H and O–H groups in total. The molecule has 7 heteroatoms.